The molecule has 106 valence electrons. The summed E-state index contributed by atoms with van der Waals surface area (Å²) in [4.78, 5) is 24.5. The molecular formula is C16H19NO3. The van der Waals surface area contributed by atoms with Crippen LogP contribution in [0.15, 0.2) is 36.4 Å². The van der Waals surface area contributed by atoms with E-state index in [2.05, 4.69) is 0 Å². The third-order valence-electron chi connectivity index (χ3n) is 3.61. The Kier molecular flexibility index (Phi) is 4.93. The molecule has 1 aromatic carbocycles. The van der Waals surface area contributed by atoms with Gasteiger partial charge in [0, 0.05) is 25.6 Å². The normalized spacial score (nSPS) is 16.5. The lowest BCUT2D eigenvalue weighted by Crippen LogP contribution is -2.37. The quantitative estimate of drug-likeness (QED) is 0.857. The van der Waals surface area contributed by atoms with Crippen molar-refractivity contribution in [2.45, 2.75) is 19.3 Å². The lowest BCUT2D eigenvalue weighted by atomic mass is 9.93. The minimum atomic E-state index is -0.751. The largest absolute Gasteiger partial charge is 0.481 e. The molecule has 0 spiro atoms. The molecule has 0 bridgehead atoms. The van der Waals surface area contributed by atoms with Crippen LogP contribution in [0.3, 0.4) is 0 Å². The van der Waals surface area contributed by atoms with Crippen LogP contribution in [0.5, 0.6) is 0 Å². The molecule has 1 fully saturated rings. The molecule has 1 amide bonds. The molecule has 2 rings (SSSR count). The van der Waals surface area contributed by atoms with Crippen LogP contribution >= 0.6 is 0 Å². The number of likely N-dealkylation sites (tertiary alicyclic amines) is 1. The summed E-state index contributed by atoms with van der Waals surface area (Å²) >= 11 is 0. The Hall–Kier alpha value is -2.10. The standard InChI is InChI=1S/C16H19NO3/c18-15(7-6-13-4-2-1-3-5-13)17-10-8-14(9-11-17)12-16(19)20/h1-7,14H,8-12H2,(H,19,20)/b7-6+. The van der Waals surface area contributed by atoms with Gasteiger partial charge < -0.3 is 10.0 Å². The predicted octanol–water partition coefficient (Wildman–Crippen LogP) is 2.41. The maximum absolute atomic E-state index is 12.0. The monoisotopic (exact) mass is 273 g/mol. The van der Waals surface area contributed by atoms with Crippen molar-refractivity contribution in [2.24, 2.45) is 5.92 Å². The van der Waals surface area contributed by atoms with E-state index >= 15 is 0 Å². The second kappa shape index (κ2) is 6.89. The second-order valence-electron chi connectivity index (χ2n) is 5.11. The van der Waals surface area contributed by atoms with Crippen LogP contribution in [0.2, 0.25) is 0 Å². The Morgan fingerprint density at radius 1 is 1.20 bits per heavy atom. The van der Waals surface area contributed by atoms with Crippen LogP contribution < -0.4 is 0 Å². The lowest BCUT2D eigenvalue weighted by Gasteiger charge is -2.30. The Balaban J connectivity index is 1.83. The van der Waals surface area contributed by atoms with Gasteiger partial charge >= 0.3 is 5.97 Å². The Morgan fingerprint density at radius 2 is 1.85 bits per heavy atom. The van der Waals surface area contributed by atoms with Gasteiger partial charge in [0.1, 0.15) is 0 Å². The number of amides is 1. The van der Waals surface area contributed by atoms with E-state index in [4.69, 9.17) is 5.11 Å². The number of hydrogen-bond donors (Lipinski definition) is 1. The zero-order valence-corrected chi connectivity index (χ0v) is 11.4. The molecular weight excluding hydrogens is 254 g/mol. The summed E-state index contributed by atoms with van der Waals surface area (Å²) in [6.45, 7) is 1.30. The van der Waals surface area contributed by atoms with Crippen molar-refractivity contribution >= 4 is 18.0 Å². The van der Waals surface area contributed by atoms with Crippen LogP contribution in [0.1, 0.15) is 24.8 Å². The van der Waals surface area contributed by atoms with E-state index in [0.29, 0.717) is 13.1 Å². The minimum absolute atomic E-state index is 0.00243. The van der Waals surface area contributed by atoms with Crippen molar-refractivity contribution in [3.63, 3.8) is 0 Å². The number of carbonyl (C=O) groups is 2. The molecule has 4 nitrogen and oxygen atoms in total. The van der Waals surface area contributed by atoms with E-state index in [1.54, 1.807) is 11.0 Å². The molecule has 1 N–H and O–H groups in total. The zero-order valence-electron chi connectivity index (χ0n) is 11.4. The number of carboxylic acids is 1. The summed E-state index contributed by atoms with van der Waals surface area (Å²) < 4.78 is 0. The first-order chi connectivity index (χ1) is 9.65. The first-order valence-corrected chi connectivity index (χ1v) is 6.89. The van der Waals surface area contributed by atoms with E-state index in [9.17, 15) is 9.59 Å². The van der Waals surface area contributed by atoms with E-state index in [-0.39, 0.29) is 18.2 Å². The van der Waals surface area contributed by atoms with Crippen molar-refractivity contribution in [3.8, 4) is 0 Å². The van der Waals surface area contributed by atoms with Crippen molar-refractivity contribution in [3.05, 3.63) is 42.0 Å². The smallest absolute Gasteiger partial charge is 0.303 e. The molecule has 0 radical (unpaired) electrons. The van der Waals surface area contributed by atoms with Gasteiger partial charge in [0.2, 0.25) is 5.91 Å². The maximum Gasteiger partial charge on any atom is 0.303 e. The summed E-state index contributed by atoms with van der Waals surface area (Å²) in [7, 11) is 0. The molecule has 20 heavy (non-hydrogen) atoms. The highest BCUT2D eigenvalue weighted by Crippen LogP contribution is 2.20. The van der Waals surface area contributed by atoms with Gasteiger partial charge in [-0.3, -0.25) is 9.59 Å². The Bertz CT molecular complexity index is 488. The average Bonchev–Trinajstić information content (AvgIpc) is 2.46. The molecule has 1 saturated heterocycles. The summed E-state index contributed by atoms with van der Waals surface area (Å²) in [5, 5.41) is 8.76. The fourth-order valence-electron chi connectivity index (χ4n) is 2.44. The van der Waals surface area contributed by atoms with Crippen LogP contribution in [0.4, 0.5) is 0 Å². The summed E-state index contributed by atoms with van der Waals surface area (Å²) in [6, 6.07) is 9.70. The topological polar surface area (TPSA) is 57.6 Å². The highest BCUT2D eigenvalue weighted by molar-refractivity contribution is 5.91. The third-order valence-corrected chi connectivity index (χ3v) is 3.61. The van der Waals surface area contributed by atoms with E-state index < -0.39 is 5.97 Å². The Morgan fingerprint density at radius 3 is 2.45 bits per heavy atom. The average molecular weight is 273 g/mol. The summed E-state index contributed by atoms with van der Waals surface area (Å²) in [6.07, 6.45) is 5.16. The molecule has 1 aliphatic heterocycles. The molecule has 0 saturated carbocycles. The number of aliphatic carboxylic acids is 1. The van der Waals surface area contributed by atoms with Crippen molar-refractivity contribution in [1.29, 1.82) is 0 Å². The molecule has 1 aliphatic rings. The molecule has 0 aromatic heterocycles. The number of carboxylic acid groups (broad SMARTS) is 1. The molecule has 0 unspecified atom stereocenters. The maximum atomic E-state index is 12.0. The van der Waals surface area contributed by atoms with Gasteiger partial charge in [0.25, 0.3) is 0 Å². The SMILES string of the molecule is O=C(O)CC1CCN(C(=O)/C=C/c2ccccc2)CC1. The summed E-state index contributed by atoms with van der Waals surface area (Å²) in [5.74, 6) is -0.545. The van der Waals surface area contributed by atoms with E-state index in [0.717, 1.165) is 18.4 Å². The number of nitrogens with zero attached hydrogens (tertiary/aromatic N) is 1. The van der Waals surface area contributed by atoms with Gasteiger partial charge in [-0.2, -0.15) is 0 Å². The lowest BCUT2D eigenvalue weighted by molar-refractivity contribution is -0.138. The van der Waals surface area contributed by atoms with Gasteiger partial charge in [0.15, 0.2) is 0 Å². The van der Waals surface area contributed by atoms with Gasteiger partial charge in [-0.15, -0.1) is 0 Å². The second-order valence-corrected chi connectivity index (χ2v) is 5.11. The highest BCUT2D eigenvalue weighted by Gasteiger charge is 2.22. The number of hydrogen-bond acceptors (Lipinski definition) is 2. The van der Waals surface area contributed by atoms with Crippen LogP contribution in [-0.4, -0.2) is 35.0 Å². The Labute approximate surface area is 118 Å². The fourth-order valence-corrected chi connectivity index (χ4v) is 2.44. The highest BCUT2D eigenvalue weighted by atomic mass is 16.4. The minimum Gasteiger partial charge on any atom is -0.481 e. The van der Waals surface area contributed by atoms with Gasteiger partial charge in [0.05, 0.1) is 0 Å². The first kappa shape index (κ1) is 14.3. The van der Waals surface area contributed by atoms with Gasteiger partial charge in [-0.25, -0.2) is 0 Å². The molecule has 0 atom stereocenters. The number of carbonyl (C=O) groups excluding carboxylic acids is 1. The van der Waals surface area contributed by atoms with Crippen molar-refractivity contribution in [1.82, 2.24) is 4.90 Å². The van der Waals surface area contributed by atoms with E-state index in [1.807, 2.05) is 36.4 Å². The van der Waals surface area contributed by atoms with E-state index in [1.165, 1.54) is 0 Å². The zero-order chi connectivity index (χ0) is 14.4. The number of rotatable bonds is 4. The van der Waals surface area contributed by atoms with Crippen molar-refractivity contribution < 1.29 is 14.7 Å². The van der Waals surface area contributed by atoms with Gasteiger partial charge in [-0.1, -0.05) is 30.3 Å². The number of piperidine rings is 1. The fraction of sp³-hybridized carbons (Fsp3) is 0.375. The molecule has 0 aliphatic carbocycles. The molecule has 1 heterocycles. The molecule has 4 heteroatoms. The van der Waals surface area contributed by atoms with Crippen molar-refractivity contribution in [2.75, 3.05) is 13.1 Å². The van der Waals surface area contributed by atoms with Crippen LogP contribution in [0, 0.1) is 5.92 Å². The summed E-state index contributed by atoms with van der Waals surface area (Å²) in [5.41, 5.74) is 1.00. The molecule has 1 aromatic rings. The van der Waals surface area contributed by atoms with Gasteiger partial charge in [-0.05, 0) is 30.4 Å². The van der Waals surface area contributed by atoms with Crippen LogP contribution in [0.25, 0.3) is 6.08 Å². The number of benzene rings is 1. The van der Waals surface area contributed by atoms with Crippen LogP contribution in [-0.2, 0) is 9.59 Å². The third kappa shape index (κ3) is 4.23. The first-order valence-electron chi connectivity index (χ1n) is 6.89. The predicted molar refractivity (Wildman–Crippen MR) is 77.0 cm³/mol.